The second-order valence-corrected chi connectivity index (χ2v) is 14.6. The summed E-state index contributed by atoms with van der Waals surface area (Å²) in [5.74, 6) is 1.14. The van der Waals surface area contributed by atoms with Gasteiger partial charge in [0.1, 0.15) is 47.1 Å². The summed E-state index contributed by atoms with van der Waals surface area (Å²) in [6.45, 7) is 0. The number of hydrogen-bond acceptors (Lipinski definition) is 8. The van der Waals surface area contributed by atoms with E-state index < -0.39 is 11.2 Å². The Balaban J connectivity index is 0.000000188. The fourth-order valence-corrected chi connectivity index (χ4v) is 8.76. The molecule has 2 saturated carbocycles. The average Bonchev–Trinajstić information content (AvgIpc) is 3.79. The number of benzene rings is 2. The molecule has 2 saturated heterocycles. The maximum absolute atomic E-state index is 12.1. The molecule has 48 heavy (non-hydrogen) atoms. The molecule has 0 amide bonds. The first-order valence-corrected chi connectivity index (χ1v) is 17.9. The Labute approximate surface area is 293 Å². The van der Waals surface area contributed by atoms with E-state index in [0.717, 1.165) is 75.3 Å². The highest BCUT2D eigenvalue weighted by molar-refractivity contribution is 6.32. The van der Waals surface area contributed by atoms with Crippen LogP contribution in [0.4, 0.5) is 0 Å². The van der Waals surface area contributed by atoms with Crippen molar-refractivity contribution in [2.24, 2.45) is 11.8 Å². The zero-order chi connectivity index (χ0) is 34.3. The Bertz CT molecular complexity index is 1350. The highest BCUT2D eigenvalue weighted by Crippen LogP contribution is 2.45. The SMILES string of the molecule is COc1ccc(CCC2(C3CCCC3)CC(=O)CC(=O)O2)cc1Cl.COc1ccc(CCC2(C3CCCC3)CC(=O)CC(=O)O2)cc1Cl. The quantitative estimate of drug-likeness (QED) is 0.180. The van der Waals surface area contributed by atoms with Crippen molar-refractivity contribution in [3.63, 3.8) is 0 Å². The minimum atomic E-state index is -0.630. The molecule has 0 aromatic heterocycles. The largest absolute Gasteiger partial charge is 0.495 e. The number of carbonyl (C=O) groups is 4. The minimum absolute atomic E-state index is 0.00548. The summed E-state index contributed by atoms with van der Waals surface area (Å²) in [5.41, 5.74) is 0.865. The lowest BCUT2D eigenvalue weighted by atomic mass is 9.76. The Kier molecular flexibility index (Phi) is 12.1. The number of Topliss-reactive ketones (excluding diaryl/α,β-unsaturated/α-hetero) is 2. The number of carbonyl (C=O) groups excluding carboxylic acids is 4. The lowest BCUT2D eigenvalue weighted by Gasteiger charge is -2.41. The first kappa shape index (κ1) is 36.2. The third kappa shape index (κ3) is 8.73. The fraction of sp³-hybridized carbons (Fsp3) is 0.579. The average molecular weight is 702 g/mol. The van der Waals surface area contributed by atoms with Gasteiger partial charge in [0, 0.05) is 12.8 Å². The molecule has 2 aromatic rings. The zero-order valence-electron chi connectivity index (χ0n) is 28.0. The summed E-state index contributed by atoms with van der Waals surface area (Å²) in [4.78, 5) is 47.9. The van der Waals surface area contributed by atoms with Crippen LogP contribution < -0.4 is 9.47 Å². The van der Waals surface area contributed by atoms with Crippen molar-refractivity contribution >= 4 is 46.7 Å². The molecule has 260 valence electrons. The van der Waals surface area contributed by atoms with Gasteiger partial charge in [-0.05, 0) is 98.6 Å². The van der Waals surface area contributed by atoms with Gasteiger partial charge in [-0.1, -0.05) is 61.0 Å². The normalized spacial score (nSPS) is 24.9. The summed E-state index contributed by atoms with van der Waals surface area (Å²) in [6, 6.07) is 11.4. The number of aryl methyl sites for hydroxylation is 2. The van der Waals surface area contributed by atoms with E-state index in [0.29, 0.717) is 59.1 Å². The molecule has 4 fully saturated rings. The Hall–Kier alpha value is -3.10. The van der Waals surface area contributed by atoms with Gasteiger partial charge in [-0.2, -0.15) is 0 Å². The van der Waals surface area contributed by atoms with Crippen molar-refractivity contribution in [2.75, 3.05) is 14.2 Å². The molecule has 10 heteroatoms. The van der Waals surface area contributed by atoms with Crippen molar-refractivity contribution in [2.45, 2.75) is 114 Å². The van der Waals surface area contributed by atoms with E-state index in [4.69, 9.17) is 42.1 Å². The Morgan fingerprint density at radius 1 is 0.646 bits per heavy atom. The molecular weight excluding hydrogens is 655 g/mol. The lowest BCUT2D eigenvalue weighted by molar-refractivity contribution is -0.180. The van der Waals surface area contributed by atoms with Crippen molar-refractivity contribution in [3.05, 3.63) is 57.6 Å². The van der Waals surface area contributed by atoms with E-state index in [1.165, 1.54) is 0 Å². The molecule has 6 rings (SSSR count). The van der Waals surface area contributed by atoms with Crippen molar-refractivity contribution in [1.82, 2.24) is 0 Å². The molecule has 0 N–H and O–H groups in total. The van der Waals surface area contributed by atoms with Crippen molar-refractivity contribution < 1.29 is 38.1 Å². The number of cyclic esters (lactones) is 2. The molecule has 2 heterocycles. The van der Waals surface area contributed by atoms with Crippen LogP contribution in [0.15, 0.2) is 36.4 Å². The van der Waals surface area contributed by atoms with Crippen LogP contribution in [0.1, 0.15) is 101 Å². The Morgan fingerprint density at radius 2 is 1.02 bits per heavy atom. The van der Waals surface area contributed by atoms with Gasteiger partial charge in [-0.3, -0.25) is 19.2 Å². The van der Waals surface area contributed by atoms with Gasteiger partial charge < -0.3 is 18.9 Å². The van der Waals surface area contributed by atoms with Gasteiger partial charge in [0.15, 0.2) is 0 Å². The molecule has 2 aliphatic heterocycles. The number of halogens is 2. The van der Waals surface area contributed by atoms with E-state index >= 15 is 0 Å². The van der Waals surface area contributed by atoms with Crippen LogP contribution in [0, 0.1) is 11.8 Å². The van der Waals surface area contributed by atoms with Gasteiger partial charge >= 0.3 is 11.9 Å². The molecule has 2 atom stereocenters. The maximum Gasteiger partial charge on any atom is 0.313 e. The van der Waals surface area contributed by atoms with Crippen LogP contribution in [0.2, 0.25) is 10.0 Å². The molecule has 0 radical (unpaired) electrons. The molecule has 4 aliphatic rings. The predicted octanol–water partition coefficient (Wildman–Crippen LogP) is 8.23. The standard InChI is InChI=1S/2C19H23ClO4/c2*1-23-17-7-6-13(10-16(17)20)8-9-19(14-4-2-3-5-14)12-15(21)11-18(22)24-19/h2*6-7,10,14H,2-5,8-9,11-12H2,1H3. The molecule has 0 spiro atoms. The molecule has 2 unspecified atom stereocenters. The van der Waals surface area contributed by atoms with E-state index in [1.54, 1.807) is 14.2 Å². The number of ketones is 2. The maximum atomic E-state index is 12.1. The molecule has 2 aromatic carbocycles. The highest BCUT2D eigenvalue weighted by atomic mass is 35.5. The topological polar surface area (TPSA) is 105 Å². The Morgan fingerprint density at radius 3 is 1.33 bits per heavy atom. The first-order valence-electron chi connectivity index (χ1n) is 17.2. The van der Waals surface area contributed by atoms with Crippen LogP contribution >= 0.6 is 23.2 Å². The van der Waals surface area contributed by atoms with E-state index in [9.17, 15) is 19.2 Å². The first-order chi connectivity index (χ1) is 23.0. The third-order valence-corrected chi connectivity index (χ3v) is 11.2. The number of ether oxygens (including phenoxy) is 4. The van der Waals surface area contributed by atoms with E-state index in [2.05, 4.69) is 0 Å². The van der Waals surface area contributed by atoms with Crippen LogP contribution in [0.5, 0.6) is 11.5 Å². The molecule has 8 nitrogen and oxygen atoms in total. The van der Waals surface area contributed by atoms with E-state index in [1.807, 2.05) is 36.4 Å². The summed E-state index contributed by atoms with van der Waals surface area (Å²) >= 11 is 12.4. The van der Waals surface area contributed by atoms with Gasteiger partial charge in [0.25, 0.3) is 0 Å². The van der Waals surface area contributed by atoms with Crippen LogP contribution in [0.25, 0.3) is 0 Å². The van der Waals surface area contributed by atoms with Gasteiger partial charge in [0.2, 0.25) is 0 Å². The number of methoxy groups -OCH3 is 2. The van der Waals surface area contributed by atoms with Gasteiger partial charge in [-0.25, -0.2) is 0 Å². The van der Waals surface area contributed by atoms with Crippen LogP contribution in [0.3, 0.4) is 0 Å². The molecule has 0 bridgehead atoms. The number of esters is 2. The lowest BCUT2D eigenvalue weighted by Crippen LogP contribution is -2.48. The summed E-state index contributed by atoms with van der Waals surface area (Å²) < 4.78 is 22.0. The van der Waals surface area contributed by atoms with Crippen LogP contribution in [-0.4, -0.2) is 48.9 Å². The smallest absolute Gasteiger partial charge is 0.313 e. The second-order valence-electron chi connectivity index (χ2n) is 13.8. The number of hydrogen-bond donors (Lipinski definition) is 0. The third-order valence-electron chi connectivity index (χ3n) is 10.6. The highest BCUT2D eigenvalue weighted by Gasteiger charge is 2.49. The fourth-order valence-electron chi connectivity index (χ4n) is 8.20. The van der Waals surface area contributed by atoms with Gasteiger partial charge in [-0.15, -0.1) is 0 Å². The molecule has 2 aliphatic carbocycles. The summed E-state index contributed by atoms with van der Waals surface area (Å²) in [5, 5.41) is 1.14. The monoisotopic (exact) mass is 700 g/mol. The van der Waals surface area contributed by atoms with Crippen molar-refractivity contribution in [1.29, 1.82) is 0 Å². The number of rotatable bonds is 10. The van der Waals surface area contributed by atoms with Crippen LogP contribution in [-0.2, 0) is 41.5 Å². The summed E-state index contributed by atoms with van der Waals surface area (Å²) in [7, 11) is 3.17. The van der Waals surface area contributed by atoms with Gasteiger partial charge in [0.05, 0.1) is 24.3 Å². The van der Waals surface area contributed by atoms with E-state index in [-0.39, 0.29) is 36.3 Å². The second kappa shape index (κ2) is 16.1. The zero-order valence-corrected chi connectivity index (χ0v) is 29.5. The minimum Gasteiger partial charge on any atom is -0.495 e. The van der Waals surface area contributed by atoms with Crippen molar-refractivity contribution in [3.8, 4) is 11.5 Å². The predicted molar refractivity (Wildman–Crippen MR) is 183 cm³/mol. The molecular formula is C38H46Cl2O8. The summed E-state index contributed by atoms with van der Waals surface area (Å²) in [6.07, 6.45) is 12.0.